The minimum absolute atomic E-state index is 0. The van der Waals surface area contributed by atoms with E-state index in [0.29, 0.717) is 5.69 Å². The molecule has 0 aromatic carbocycles. The minimum Gasteiger partial charge on any atom is -0.791 e. The summed E-state index contributed by atoms with van der Waals surface area (Å²) in [6, 6.07) is 6.58. The number of aromatic nitrogens is 1. The van der Waals surface area contributed by atoms with E-state index in [2.05, 4.69) is 10.1 Å². The largest absolute Gasteiger partial charge is 1.00 e. The Morgan fingerprint density at radius 2 is 2.33 bits per heavy atom. The SMILES string of the molecule is N#C/C(=N/[O-])c1ccccn1.[K+]. The van der Waals surface area contributed by atoms with Gasteiger partial charge in [-0.3, -0.25) is 4.98 Å². The smallest absolute Gasteiger partial charge is 0.791 e. The summed E-state index contributed by atoms with van der Waals surface area (Å²) in [5.74, 6) is 0. The summed E-state index contributed by atoms with van der Waals surface area (Å²) >= 11 is 0. The average molecular weight is 185 g/mol. The van der Waals surface area contributed by atoms with E-state index in [1.54, 1.807) is 24.3 Å². The van der Waals surface area contributed by atoms with Gasteiger partial charge < -0.3 is 10.4 Å². The Bertz CT molecular complexity index is 304. The van der Waals surface area contributed by atoms with Crippen LogP contribution in [0.4, 0.5) is 0 Å². The van der Waals surface area contributed by atoms with Gasteiger partial charge in [0.05, 0.1) is 5.69 Å². The molecule has 0 spiro atoms. The third-order valence-corrected chi connectivity index (χ3v) is 1.10. The van der Waals surface area contributed by atoms with Crippen LogP contribution >= 0.6 is 0 Å². The van der Waals surface area contributed by atoms with Crippen molar-refractivity contribution < 1.29 is 51.4 Å². The quantitative estimate of drug-likeness (QED) is 0.286. The summed E-state index contributed by atoms with van der Waals surface area (Å²) in [4.78, 5) is 3.77. The van der Waals surface area contributed by atoms with Gasteiger partial charge in [-0.05, 0) is 12.1 Å². The van der Waals surface area contributed by atoms with E-state index >= 15 is 0 Å². The molecular weight excluding hydrogens is 181 g/mol. The van der Waals surface area contributed by atoms with E-state index in [0.717, 1.165) is 0 Å². The first-order valence-corrected chi connectivity index (χ1v) is 2.90. The summed E-state index contributed by atoms with van der Waals surface area (Å²) < 4.78 is 0. The Morgan fingerprint density at radius 1 is 1.58 bits per heavy atom. The van der Waals surface area contributed by atoms with E-state index in [1.807, 2.05) is 0 Å². The number of nitrogens with zero attached hydrogens (tertiary/aromatic N) is 3. The Labute approximate surface area is 112 Å². The molecule has 1 aromatic heterocycles. The maximum Gasteiger partial charge on any atom is 1.00 e. The molecule has 12 heavy (non-hydrogen) atoms. The van der Waals surface area contributed by atoms with Gasteiger partial charge in [0.15, 0.2) is 5.71 Å². The van der Waals surface area contributed by atoms with Crippen LogP contribution < -0.4 is 51.4 Å². The zero-order chi connectivity index (χ0) is 8.10. The topological polar surface area (TPSA) is 72.1 Å². The molecule has 0 saturated heterocycles. The first kappa shape index (κ1) is 11.7. The first-order valence-electron chi connectivity index (χ1n) is 2.90. The molecule has 1 heterocycles. The maximum absolute atomic E-state index is 9.99. The van der Waals surface area contributed by atoms with E-state index in [-0.39, 0.29) is 57.1 Å². The fourth-order valence-corrected chi connectivity index (χ4v) is 0.627. The van der Waals surface area contributed by atoms with Gasteiger partial charge in [-0.2, -0.15) is 5.26 Å². The molecule has 0 aliphatic heterocycles. The normalized spacial score (nSPS) is 9.75. The molecule has 0 aliphatic rings. The van der Waals surface area contributed by atoms with Gasteiger partial charge in [0, 0.05) is 6.20 Å². The Kier molecular flexibility index (Phi) is 6.15. The second kappa shape index (κ2) is 6.28. The van der Waals surface area contributed by atoms with Crippen molar-refractivity contribution in [1.82, 2.24) is 4.98 Å². The molecule has 54 valence electrons. The maximum atomic E-state index is 9.99. The van der Waals surface area contributed by atoms with Crippen LogP contribution in [0.2, 0.25) is 0 Å². The van der Waals surface area contributed by atoms with Gasteiger partial charge >= 0.3 is 51.4 Å². The molecule has 1 rings (SSSR count). The van der Waals surface area contributed by atoms with Crippen molar-refractivity contribution in [3.8, 4) is 6.07 Å². The minimum atomic E-state index is -0.189. The summed E-state index contributed by atoms with van der Waals surface area (Å²) in [6.07, 6.45) is 1.50. The van der Waals surface area contributed by atoms with Gasteiger partial charge in [-0.1, -0.05) is 6.07 Å². The molecule has 4 nitrogen and oxygen atoms in total. The van der Waals surface area contributed by atoms with Crippen molar-refractivity contribution in [2.24, 2.45) is 5.16 Å². The van der Waals surface area contributed by atoms with Crippen LogP contribution in [0.3, 0.4) is 0 Å². The van der Waals surface area contributed by atoms with Crippen LogP contribution in [0.1, 0.15) is 5.69 Å². The predicted octanol–water partition coefficient (Wildman–Crippen LogP) is -2.10. The van der Waals surface area contributed by atoms with E-state index in [4.69, 9.17) is 5.26 Å². The Hall–Kier alpha value is -0.254. The van der Waals surface area contributed by atoms with Crippen molar-refractivity contribution in [3.63, 3.8) is 0 Å². The zero-order valence-corrected chi connectivity index (χ0v) is 9.68. The molecular formula is C7H4KN3O. The van der Waals surface area contributed by atoms with Crippen molar-refractivity contribution in [3.05, 3.63) is 35.3 Å². The van der Waals surface area contributed by atoms with Crippen molar-refractivity contribution in [1.29, 1.82) is 5.26 Å². The molecule has 0 bridgehead atoms. The number of hydrogen-bond acceptors (Lipinski definition) is 4. The summed E-state index contributed by atoms with van der Waals surface area (Å²) in [5, 5.41) is 20.9. The molecule has 0 saturated carbocycles. The van der Waals surface area contributed by atoms with Gasteiger partial charge in [-0.25, -0.2) is 0 Å². The number of rotatable bonds is 1. The summed E-state index contributed by atoms with van der Waals surface area (Å²) in [5.41, 5.74) is 0.121. The first-order chi connectivity index (χ1) is 5.38. The van der Waals surface area contributed by atoms with Crippen molar-refractivity contribution >= 4 is 5.71 Å². The third-order valence-electron chi connectivity index (χ3n) is 1.10. The second-order valence-corrected chi connectivity index (χ2v) is 1.77. The van der Waals surface area contributed by atoms with E-state index < -0.39 is 0 Å². The summed E-state index contributed by atoms with van der Waals surface area (Å²) in [7, 11) is 0. The standard InChI is InChI=1S/C7H5N3O.K/c8-5-7(10-11)6-3-1-2-4-9-6;/h1-4,11H;/q;+1/p-1/b10-7-;. The van der Waals surface area contributed by atoms with Crippen LogP contribution in [0.5, 0.6) is 0 Å². The monoisotopic (exact) mass is 185 g/mol. The van der Waals surface area contributed by atoms with E-state index in [1.165, 1.54) is 6.20 Å². The molecule has 5 heteroatoms. The number of pyridine rings is 1. The average Bonchev–Trinajstić information content (AvgIpc) is 2.09. The third kappa shape index (κ3) is 3.01. The summed E-state index contributed by atoms with van der Waals surface area (Å²) in [6.45, 7) is 0. The van der Waals surface area contributed by atoms with Gasteiger partial charge in [-0.15, -0.1) is 0 Å². The molecule has 0 radical (unpaired) electrons. The van der Waals surface area contributed by atoms with Gasteiger partial charge in [0.25, 0.3) is 0 Å². The number of hydrogen-bond donors (Lipinski definition) is 0. The van der Waals surface area contributed by atoms with Crippen LogP contribution in [0, 0.1) is 16.5 Å². The molecule has 0 unspecified atom stereocenters. The predicted molar refractivity (Wildman–Crippen MR) is 39.8 cm³/mol. The zero-order valence-electron chi connectivity index (χ0n) is 6.56. The van der Waals surface area contributed by atoms with Crippen molar-refractivity contribution in [2.75, 3.05) is 0 Å². The molecule has 0 fully saturated rings. The van der Waals surface area contributed by atoms with E-state index in [9.17, 15) is 5.21 Å². The van der Waals surface area contributed by atoms with Crippen molar-refractivity contribution in [2.45, 2.75) is 0 Å². The Morgan fingerprint density at radius 3 is 2.75 bits per heavy atom. The molecule has 0 aliphatic carbocycles. The van der Waals surface area contributed by atoms with Gasteiger partial charge in [0.1, 0.15) is 6.07 Å². The molecule has 1 aromatic rings. The molecule has 0 atom stereocenters. The van der Waals surface area contributed by atoms with Gasteiger partial charge in [0.2, 0.25) is 0 Å². The van der Waals surface area contributed by atoms with Crippen LogP contribution in [0.15, 0.2) is 29.6 Å². The fourth-order valence-electron chi connectivity index (χ4n) is 0.627. The molecule has 0 N–H and O–H groups in total. The number of nitriles is 1. The van der Waals surface area contributed by atoms with Crippen LogP contribution in [-0.2, 0) is 0 Å². The van der Waals surface area contributed by atoms with Crippen LogP contribution in [0.25, 0.3) is 0 Å². The van der Waals surface area contributed by atoms with Crippen LogP contribution in [-0.4, -0.2) is 10.7 Å². The molecule has 0 amide bonds. The second-order valence-electron chi connectivity index (χ2n) is 1.77. The Balaban J connectivity index is 0.00000121. The fraction of sp³-hybridized carbons (Fsp3) is 0.